The average Bonchev–Trinajstić information content (AvgIpc) is 3.75. The predicted molar refractivity (Wildman–Crippen MR) is 225 cm³/mol. The van der Waals surface area contributed by atoms with Crippen LogP contribution in [-0.2, 0) is 0 Å². The number of nitriles is 1. The second kappa shape index (κ2) is 10.7. The molecule has 0 saturated carbocycles. The van der Waals surface area contributed by atoms with E-state index in [1.54, 1.807) is 0 Å². The van der Waals surface area contributed by atoms with Crippen LogP contribution in [0.25, 0.3) is 93.8 Å². The minimum Gasteiger partial charge on any atom is -0.375 e. The SMILES string of the molecule is Cc1c(-c2ccc(C#N)cc2)cc2c3c1-c1cc(-c4ccccc4)cc4c5cc(-c6ccccc6)ccc5n(c14)B3c1cccc3c4ccccc4n-2c13. The van der Waals surface area contributed by atoms with E-state index in [1.807, 2.05) is 12.1 Å². The molecule has 0 amide bonds. The maximum Gasteiger partial charge on any atom is 0.333 e. The van der Waals surface area contributed by atoms with Crippen LogP contribution in [0.15, 0.2) is 164 Å². The van der Waals surface area contributed by atoms with Gasteiger partial charge in [-0.05, 0) is 111 Å². The highest BCUT2D eigenvalue weighted by atomic mass is 15.0. The molecule has 0 bridgehead atoms. The smallest absolute Gasteiger partial charge is 0.333 e. The van der Waals surface area contributed by atoms with Gasteiger partial charge in [-0.3, -0.25) is 0 Å². The molecule has 12 rings (SSSR count). The first-order valence-electron chi connectivity index (χ1n) is 18.6. The molecule has 8 aromatic carbocycles. The van der Waals surface area contributed by atoms with Gasteiger partial charge in [0.15, 0.2) is 0 Å². The van der Waals surface area contributed by atoms with Gasteiger partial charge in [-0.1, -0.05) is 115 Å². The van der Waals surface area contributed by atoms with Crippen LogP contribution in [0.4, 0.5) is 0 Å². The number of nitrogens with zero attached hydrogens (tertiary/aromatic N) is 3. The van der Waals surface area contributed by atoms with Crippen molar-refractivity contribution < 1.29 is 0 Å². The number of hydrogen-bond donors (Lipinski definition) is 0. The Morgan fingerprint density at radius 1 is 0.500 bits per heavy atom. The molecule has 0 spiro atoms. The molecule has 54 heavy (non-hydrogen) atoms. The quantitative estimate of drug-likeness (QED) is 0.171. The molecule has 3 nitrogen and oxygen atoms in total. The van der Waals surface area contributed by atoms with E-state index in [4.69, 9.17) is 0 Å². The summed E-state index contributed by atoms with van der Waals surface area (Å²) >= 11 is 0. The minimum absolute atomic E-state index is 0.0260. The topological polar surface area (TPSA) is 33.6 Å². The predicted octanol–water partition coefficient (Wildman–Crippen LogP) is 11.0. The first-order chi connectivity index (χ1) is 26.7. The molecule has 0 saturated heterocycles. The van der Waals surface area contributed by atoms with E-state index in [9.17, 15) is 5.26 Å². The Hall–Kier alpha value is -7.09. The van der Waals surface area contributed by atoms with E-state index in [2.05, 4.69) is 174 Å². The molecule has 10 aromatic rings. The van der Waals surface area contributed by atoms with Gasteiger partial charge >= 0.3 is 6.85 Å². The lowest BCUT2D eigenvalue weighted by atomic mass is 9.45. The molecular weight excluding hydrogens is 653 g/mol. The highest BCUT2D eigenvalue weighted by molar-refractivity contribution is 6.90. The average molecular weight is 684 g/mol. The van der Waals surface area contributed by atoms with Crippen LogP contribution in [0.1, 0.15) is 11.1 Å². The second-order valence-electron chi connectivity index (χ2n) is 14.8. The molecule has 0 fully saturated rings. The summed E-state index contributed by atoms with van der Waals surface area (Å²) in [6.45, 7) is 2.28. The maximum atomic E-state index is 9.67. The van der Waals surface area contributed by atoms with Crippen LogP contribution in [0, 0.1) is 18.3 Å². The first kappa shape index (κ1) is 29.5. The van der Waals surface area contributed by atoms with E-state index < -0.39 is 0 Å². The molecule has 0 atom stereocenters. The molecule has 2 aliphatic heterocycles. The van der Waals surface area contributed by atoms with Crippen LogP contribution < -0.4 is 10.9 Å². The van der Waals surface area contributed by atoms with E-state index in [0.29, 0.717) is 5.56 Å². The Morgan fingerprint density at radius 3 is 1.96 bits per heavy atom. The van der Waals surface area contributed by atoms with E-state index >= 15 is 0 Å². The molecule has 0 radical (unpaired) electrons. The molecular formula is C50H30BN3. The lowest BCUT2D eigenvalue weighted by molar-refractivity contribution is 1.17. The van der Waals surface area contributed by atoms with E-state index in [0.717, 1.165) is 5.56 Å². The Labute approximate surface area is 312 Å². The van der Waals surface area contributed by atoms with Gasteiger partial charge in [-0.2, -0.15) is 5.26 Å². The molecule has 2 aliphatic rings. The Kier molecular flexibility index (Phi) is 5.86. The van der Waals surface area contributed by atoms with E-state index in [-0.39, 0.29) is 6.85 Å². The third kappa shape index (κ3) is 3.80. The normalized spacial score (nSPS) is 12.5. The van der Waals surface area contributed by atoms with Gasteiger partial charge in [0.2, 0.25) is 0 Å². The summed E-state index contributed by atoms with van der Waals surface area (Å²) in [5.41, 5.74) is 20.5. The van der Waals surface area contributed by atoms with Crippen molar-refractivity contribution in [3.05, 3.63) is 175 Å². The van der Waals surface area contributed by atoms with Crippen molar-refractivity contribution in [2.75, 3.05) is 0 Å². The van der Waals surface area contributed by atoms with Crippen molar-refractivity contribution in [3.63, 3.8) is 0 Å². The lowest BCUT2D eigenvalue weighted by Gasteiger charge is -2.36. The third-order valence-electron chi connectivity index (χ3n) is 12.1. The number of rotatable bonds is 3. The van der Waals surface area contributed by atoms with Crippen molar-refractivity contribution in [1.29, 1.82) is 5.26 Å². The molecule has 0 N–H and O–H groups in total. The fourth-order valence-corrected chi connectivity index (χ4v) is 9.81. The largest absolute Gasteiger partial charge is 0.375 e. The molecule has 248 valence electrons. The lowest BCUT2D eigenvalue weighted by Crippen LogP contribution is -2.55. The summed E-state index contributed by atoms with van der Waals surface area (Å²) in [7, 11) is 0. The molecule has 0 unspecified atom stereocenters. The van der Waals surface area contributed by atoms with Gasteiger partial charge < -0.3 is 9.05 Å². The van der Waals surface area contributed by atoms with Crippen molar-refractivity contribution >= 4 is 61.4 Å². The van der Waals surface area contributed by atoms with Crippen LogP contribution in [0.2, 0.25) is 0 Å². The van der Waals surface area contributed by atoms with Gasteiger partial charge in [0, 0.05) is 43.8 Å². The maximum absolute atomic E-state index is 9.67. The van der Waals surface area contributed by atoms with Crippen molar-refractivity contribution in [1.82, 2.24) is 9.05 Å². The van der Waals surface area contributed by atoms with Gasteiger partial charge in [0.1, 0.15) is 0 Å². The highest BCUT2D eigenvalue weighted by Gasteiger charge is 2.42. The summed E-state index contributed by atoms with van der Waals surface area (Å²) in [5.74, 6) is 0. The van der Waals surface area contributed by atoms with Crippen molar-refractivity contribution in [2.24, 2.45) is 0 Å². The molecule has 4 heteroatoms. The monoisotopic (exact) mass is 683 g/mol. The Morgan fingerprint density at radius 2 is 1.19 bits per heavy atom. The van der Waals surface area contributed by atoms with Crippen LogP contribution in [0.3, 0.4) is 0 Å². The van der Waals surface area contributed by atoms with Crippen LogP contribution in [-0.4, -0.2) is 15.9 Å². The number of fused-ring (bicyclic) bond motifs is 10. The zero-order valence-corrected chi connectivity index (χ0v) is 29.5. The van der Waals surface area contributed by atoms with Gasteiger partial charge in [0.05, 0.1) is 22.7 Å². The molecule has 4 heterocycles. The number of aromatic nitrogens is 2. The zero-order chi connectivity index (χ0) is 35.7. The number of hydrogen-bond acceptors (Lipinski definition) is 1. The summed E-state index contributed by atoms with van der Waals surface area (Å²) < 4.78 is 5.19. The number of para-hydroxylation sites is 2. The first-order valence-corrected chi connectivity index (χ1v) is 18.6. The van der Waals surface area contributed by atoms with Crippen molar-refractivity contribution in [3.8, 4) is 56.3 Å². The zero-order valence-electron chi connectivity index (χ0n) is 29.5. The van der Waals surface area contributed by atoms with Crippen LogP contribution >= 0.6 is 0 Å². The second-order valence-corrected chi connectivity index (χ2v) is 14.8. The number of benzene rings is 8. The van der Waals surface area contributed by atoms with Gasteiger partial charge in [-0.15, -0.1) is 0 Å². The summed E-state index contributed by atoms with van der Waals surface area (Å²) in [5, 5.41) is 14.8. The van der Waals surface area contributed by atoms with Gasteiger partial charge in [-0.25, -0.2) is 0 Å². The molecule has 2 aromatic heterocycles. The van der Waals surface area contributed by atoms with Crippen LogP contribution in [0.5, 0.6) is 0 Å². The summed E-state index contributed by atoms with van der Waals surface area (Å²) in [6, 6.07) is 62.1. The fourth-order valence-electron chi connectivity index (χ4n) is 9.81. The molecule has 0 aliphatic carbocycles. The third-order valence-corrected chi connectivity index (χ3v) is 12.1. The minimum atomic E-state index is -0.0260. The highest BCUT2D eigenvalue weighted by Crippen LogP contribution is 2.48. The standard InChI is InChI=1S/C50H30BN3/c1-30-39(34-21-19-31(29-52)20-22-34)28-46-48-47(30)42-27-36(33-13-6-3-7-14-33)26-41-40-25-35(32-11-4-2-5-12-32)23-24-45(40)54(49(41)42)51(48)43-17-10-16-38-37-15-8-9-18-44(37)53(46)50(38)43/h2-28H,1H3. The van der Waals surface area contributed by atoms with Gasteiger partial charge in [0.25, 0.3) is 0 Å². The summed E-state index contributed by atoms with van der Waals surface area (Å²) in [4.78, 5) is 0. The Bertz CT molecular complexity index is 3270. The van der Waals surface area contributed by atoms with Crippen molar-refractivity contribution in [2.45, 2.75) is 6.92 Å². The van der Waals surface area contributed by atoms with E-state index in [1.165, 1.54) is 105 Å². The fraction of sp³-hybridized carbons (Fsp3) is 0.0200. The Balaban J connectivity index is 1.29. The summed E-state index contributed by atoms with van der Waals surface area (Å²) in [6.07, 6.45) is 0.